The van der Waals surface area contributed by atoms with Crippen LogP contribution in [0.25, 0.3) is 10.9 Å². The van der Waals surface area contributed by atoms with E-state index < -0.39 is 0 Å². The molecule has 5 heteroatoms. The van der Waals surface area contributed by atoms with Crippen LogP contribution in [0.3, 0.4) is 0 Å². The molecule has 3 rings (SSSR count). The van der Waals surface area contributed by atoms with Gasteiger partial charge in [-0.15, -0.1) is 10.2 Å². The van der Waals surface area contributed by atoms with Crippen molar-refractivity contribution in [3.05, 3.63) is 30.0 Å². The van der Waals surface area contributed by atoms with Crippen molar-refractivity contribution in [1.82, 2.24) is 10.2 Å². The SMILES string of the molecule is CC(O)C1CCN(c2c(C#N)nnc3ccccc23)C1. The molecule has 1 aromatic heterocycles. The number of aliphatic hydroxyl groups is 1. The molecule has 102 valence electrons. The number of rotatable bonds is 2. The lowest BCUT2D eigenvalue weighted by Gasteiger charge is -2.21. The highest BCUT2D eigenvalue weighted by Crippen LogP contribution is 2.32. The molecule has 2 unspecified atom stereocenters. The summed E-state index contributed by atoms with van der Waals surface area (Å²) in [6, 6.07) is 9.85. The summed E-state index contributed by atoms with van der Waals surface area (Å²) in [6.07, 6.45) is 0.603. The Balaban J connectivity index is 2.08. The number of hydrogen-bond acceptors (Lipinski definition) is 5. The Labute approximate surface area is 117 Å². The van der Waals surface area contributed by atoms with Crippen LogP contribution in [0.1, 0.15) is 19.0 Å². The first-order valence-corrected chi connectivity index (χ1v) is 6.79. The van der Waals surface area contributed by atoms with Gasteiger partial charge in [-0.25, -0.2) is 0 Å². The van der Waals surface area contributed by atoms with Gasteiger partial charge in [0.2, 0.25) is 0 Å². The Hall–Kier alpha value is -2.19. The van der Waals surface area contributed by atoms with Crippen LogP contribution in [0.5, 0.6) is 0 Å². The molecule has 1 saturated heterocycles. The fourth-order valence-electron chi connectivity index (χ4n) is 2.82. The average Bonchev–Trinajstić information content (AvgIpc) is 2.95. The topological polar surface area (TPSA) is 73.0 Å². The molecular formula is C15H16N4O. The summed E-state index contributed by atoms with van der Waals surface area (Å²) in [5.41, 5.74) is 2.00. The highest BCUT2D eigenvalue weighted by atomic mass is 16.3. The zero-order chi connectivity index (χ0) is 14.1. The Morgan fingerprint density at radius 3 is 2.90 bits per heavy atom. The normalized spacial score (nSPS) is 20.1. The summed E-state index contributed by atoms with van der Waals surface area (Å²) in [6.45, 7) is 3.41. The second-order valence-corrected chi connectivity index (χ2v) is 5.26. The maximum atomic E-state index is 9.74. The molecule has 0 aliphatic carbocycles. The van der Waals surface area contributed by atoms with E-state index in [2.05, 4.69) is 21.2 Å². The summed E-state index contributed by atoms with van der Waals surface area (Å²) in [5, 5.41) is 28.1. The third kappa shape index (κ3) is 2.08. The third-order valence-electron chi connectivity index (χ3n) is 3.97. The number of nitrogens with zero attached hydrogens (tertiary/aromatic N) is 4. The Bertz CT molecular complexity index is 677. The molecule has 1 fully saturated rings. The lowest BCUT2D eigenvalue weighted by atomic mass is 10.0. The van der Waals surface area contributed by atoms with E-state index in [0.717, 1.165) is 36.1 Å². The molecule has 0 radical (unpaired) electrons. The van der Waals surface area contributed by atoms with E-state index in [0.29, 0.717) is 5.69 Å². The highest BCUT2D eigenvalue weighted by molar-refractivity contribution is 5.93. The van der Waals surface area contributed by atoms with Gasteiger partial charge in [-0.3, -0.25) is 0 Å². The Morgan fingerprint density at radius 1 is 1.40 bits per heavy atom. The summed E-state index contributed by atoms with van der Waals surface area (Å²) in [7, 11) is 0. The molecule has 0 saturated carbocycles. The summed E-state index contributed by atoms with van der Waals surface area (Å²) in [5.74, 6) is 0.244. The van der Waals surface area contributed by atoms with Crippen molar-refractivity contribution >= 4 is 16.6 Å². The van der Waals surface area contributed by atoms with Gasteiger partial charge in [0, 0.05) is 24.4 Å². The van der Waals surface area contributed by atoms with Crippen LogP contribution in [0.15, 0.2) is 24.3 Å². The first kappa shape index (κ1) is 12.8. The summed E-state index contributed by atoms with van der Waals surface area (Å²) < 4.78 is 0. The van der Waals surface area contributed by atoms with Gasteiger partial charge in [-0.05, 0) is 19.4 Å². The minimum Gasteiger partial charge on any atom is -0.393 e. The van der Waals surface area contributed by atoms with E-state index in [1.54, 1.807) is 0 Å². The number of fused-ring (bicyclic) bond motifs is 1. The minimum atomic E-state index is -0.327. The van der Waals surface area contributed by atoms with Crippen LogP contribution in [-0.2, 0) is 0 Å². The average molecular weight is 268 g/mol. The molecule has 2 atom stereocenters. The van der Waals surface area contributed by atoms with Crippen molar-refractivity contribution < 1.29 is 5.11 Å². The van der Waals surface area contributed by atoms with Crippen molar-refractivity contribution in [2.75, 3.05) is 18.0 Å². The van der Waals surface area contributed by atoms with E-state index >= 15 is 0 Å². The molecule has 0 amide bonds. The molecule has 0 spiro atoms. The first-order valence-electron chi connectivity index (χ1n) is 6.79. The molecular weight excluding hydrogens is 252 g/mol. The van der Waals surface area contributed by atoms with Crippen molar-refractivity contribution in [1.29, 1.82) is 5.26 Å². The van der Waals surface area contributed by atoms with E-state index in [9.17, 15) is 10.4 Å². The number of aliphatic hydroxyl groups excluding tert-OH is 1. The van der Waals surface area contributed by atoms with Crippen LogP contribution in [-0.4, -0.2) is 34.5 Å². The molecule has 0 bridgehead atoms. The standard InChI is InChI=1S/C15H16N4O/c1-10(20)11-6-7-19(9-11)15-12-4-2-3-5-13(12)17-18-14(15)8-16/h2-5,10-11,20H,6-7,9H2,1H3. The van der Waals surface area contributed by atoms with Gasteiger partial charge >= 0.3 is 0 Å². The molecule has 1 aliphatic heterocycles. The van der Waals surface area contributed by atoms with Gasteiger partial charge in [0.15, 0.2) is 5.69 Å². The zero-order valence-corrected chi connectivity index (χ0v) is 11.3. The number of benzene rings is 1. The fourth-order valence-corrected chi connectivity index (χ4v) is 2.82. The number of anilines is 1. The monoisotopic (exact) mass is 268 g/mol. The fraction of sp³-hybridized carbons (Fsp3) is 0.400. The van der Waals surface area contributed by atoms with Gasteiger partial charge in [0.1, 0.15) is 6.07 Å². The number of nitriles is 1. The molecule has 2 aromatic rings. The minimum absolute atomic E-state index is 0.244. The van der Waals surface area contributed by atoms with Gasteiger partial charge in [0.25, 0.3) is 0 Å². The second-order valence-electron chi connectivity index (χ2n) is 5.26. The smallest absolute Gasteiger partial charge is 0.187 e. The lowest BCUT2D eigenvalue weighted by molar-refractivity contribution is 0.136. The first-order chi connectivity index (χ1) is 9.70. The second kappa shape index (κ2) is 5.06. The van der Waals surface area contributed by atoms with Crippen LogP contribution in [0.2, 0.25) is 0 Å². The maximum absolute atomic E-state index is 9.74. The molecule has 1 aromatic carbocycles. The number of hydrogen-bond donors (Lipinski definition) is 1. The van der Waals surface area contributed by atoms with Gasteiger partial charge in [-0.2, -0.15) is 5.26 Å². The predicted octanol–water partition coefficient (Wildman–Crippen LogP) is 1.71. The van der Waals surface area contributed by atoms with Gasteiger partial charge in [0.05, 0.1) is 17.3 Å². The van der Waals surface area contributed by atoms with Crippen LogP contribution in [0, 0.1) is 17.2 Å². The maximum Gasteiger partial charge on any atom is 0.187 e. The third-order valence-corrected chi connectivity index (χ3v) is 3.97. The van der Waals surface area contributed by atoms with E-state index in [1.807, 2.05) is 31.2 Å². The van der Waals surface area contributed by atoms with Crippen LogP contribution >= 0.6 is 0 Å². The van der Waals surface area contributed by atoms with Crippen molar-refractivity contribution in [3.8, 4) is 6.07 Å². The van der Waals surface area contributed by atoms with Crippen LogP contribution in [0.4, 0.5) is 5.69 Å². The van der Waals surface area contributed by atoms with Gasteiger partial charge in [-0.1, -0.05) is 18.2 Å². The molecule has 2 heterocycles. The molecule has 20 heavy (non-hydrogen) atoms. The number of aromatic nitrogens is 2. The van der Waals surface area contributed by atoms with Crippen molar-refractivity contribution in [2.24, 2.45) is 5.92 Å². The highest BCUT2D eigenvalue weighted by Gasteiger charge is 2.29. The van der Waals surface area contributed by atoms with E-state index in [4.69, 9.17) is 0 Å². The predicted molar refractivity (Wildman–Crippen MR) is 76.3 cm³/mol. The Morgan fingerprint density at radius 2 is 2.20 bits per heavy atom. The summed E-state index contributed by atoms with van der Waals surface area (Å²) in [4.78, 5) is 2.15. The van der Waals surface area contributed by atoms with Gasteiger partial charge < -0.3 is 10.0 Å². The van der Waals surface area contributed by atoms with E-state index in [-0.39, 0.29) is 12.0 Å². The lowest BCUT2D eigenvalue weighted by Crippen LogP contribution is -2.25. The molecule has 1 aliphatic rings. The quantitative estimate of drug-likeness (QED) is 0.897. The summed E-state index contributed by atoms with van der Waals surface area (Å²) >= 11 is 0. The Kier molecular flexibility index (Phi) is 3.25. The van der Waals surface area contributed by atoms with Crippen molar-refractivity contribution in [2.45, 2.75) is 19.4 Å². The van der Waals surface area contributed by atoms with Crippen LogP contribution < -0.4 is 4.90 Å². The zero-order valence-electron chi connectivity index (χ0n) is 11.3. The molecule has 5 nitrogen and oxygen atoms in total. The van der Waals surface area contributed by atoms with E-state index in [1.165, 1.54) is 0 Å². The molecule has 1 N–H and O–H groups in total. The largest absolute Gasteiger partial charge is 0.393 e. The van der Waals surface area contributed by atoms with Crippen molar-refractivity contribution in [3.63, 3.8) is 0 Å².